The van der Waals surface area contributed by atoms with Gasteiger partial charge in [-0.05, 0) is 37.4 Å². The summed E-state index contributed by atoms with van der Waals surface area (Å²) < 4.78 is 11.5. The molecule has 1 unspecified atom stereocenters. The second-order valence-corrected chi connectivity index (χ2v) is 5.96. The molecule has 0 aliphatic heterocycles. The standard InChI is InChI=1S/C18H29NO2/c1-4-19-17(18(21-3)12-8-5-9-13-18)14-15-10-6-7-11-16(15)20-2/h6-7,10-11,17,19H,4-5,8-9,12-14H2,1-3H3. The molecule has 1 aromatic carbocycles. The van der Waals surface area contributed by atoms with Gasteiger partial charge in [-0.1, -0.05) is 44.4 Å². The van der Waals surface area contributed by atoms with E-state index in [4.69, 9.17) is 9.47 Å². The van der Waals surface area contributed by atoms with Gasteiger partial charge in [-0.3, -0.25) is 0 Å². The highest BCUT2D eigenvalue weighted by Crippen LogP contribution is 2.36. The molecule has 118 valence electrons. The predicted octanol–water partition coefficient (Wildman–Crippen LogP) is 3.57. The van der Waals surface area contributed by atoms with Crippen LogP contribution >= 0.6 is 0 Å². The number of hydrogen-bond donors (Lipinski definition) is 1. The summed E-state index contributed by atoms with van der Waals surface area (Å²) in [6.07, 6.45) is 7.11. The van der Waals surface area contributed by atoms with Gasteiger partial charge < -0.3 is 14.8 Å². The maximum Gasteiger partial charge on any atom is 0.122 e. The number of nitrogens with one attached hydrogen (secondary N) is 1. The first-order chi connectivity index (χ1) is 10.3. The molecule has 0 aromatic heterocycles. The number of ether oxygens (including phenoxy) is 2. The van der Waals surface area contributed by atoms with E-state index in [1.54, 1.807) is 7.11 Å². The Labute approximate surface area is 129 Å². The van der Waals surface area contributed by atoms with Crippen LogP contribution in [0.1, 0.15) is 44.6 Å². The molecule has 21 heavy (non-hydrogen) atoms. The number of para-hydroxylation sites is 1. The lowest BCUT2D eigenvalue weighted by molar-refractivity contribution is -0.0670. The first kappa shape index (κ1) is 16.3. The molecule has 1 atom stereocenters. The smallest absolute Gasteiger partial charge is 0.122 e. The summed E-state index contributed by atoms with van der Waals surface area (Å²) in [5, 5.41) is 3.66. The first-order valence-electron chi connectivity index (χ1n) is 8.16. The Morgan fingerprint density at radius 3 is 2.48 bits per heavy atom. The van der Waals surface area contributed by atoms with E-state index < -0.39 is 0 Å². The Bertz CT molecular complexity index is 427. The van der Waals surface area contributed by atoms with E-state index in [1.165, 1.54) is 24.8 Å². The molecule has 1 fully saturated rings. The zero-order chi connectivity index (χ0) is 15.1. The van der Waals surface area contributed by atoms with Crippen molar-refractivity contribution < 1.29 is 9.47 Å². The van der Waals surface area contributed by atoms with Crippen LogP contribution in [0.4, 0.5) is 0 Å². The van der Waals surface area contributed by atoms with Crippen molar-refractivity contribution in [3.05, 3.63) is 29.8 Å². The van der Waals surface area contributed by atoms with Gasteiger partial charge in [0, 0.05) is 13.2 Å². The van der Waals surface area contributed by atoms with E-state index in [9.17, 15) is 0 Å². The van der Waals surface area contributed by atoms with Gasteiger partial charge in [-0.15, -0.1) is 0 Å². The van der Waals surface area contributed by atoms with E-state index in [0.717, 1.165) is 31.6 Å². The van der Waals surface area contributed by atoms with Gasteiger partial charge in [0.05, 0.1) is 12.7 Å². The van der Waals surface area contributed by atoms with Gasteiger partial charge >= 0.3 is 0 Å². The average molecular weight is 291 g/mol. The maximum atomic E-state index is 6.04. The molecule has 0 amide bonds. The molecule has 0 radical (unpaired) electrons. The van der Waals surface area contributed by atoms with E-state index in [2.05, 4.69) is 24.4 Å². The molecular weight excluding hydrogens is 262 g/mol. The molecule has 1 N–H and O–H groups in total. The second kappa shape index (κ2) is 7.81. The van der Waals surface area contributed by atoms with Crippen molar-refractivity contribution >= 4 is 0 Å². The molecule has 0 saturated heterocycles. The molecule has 1 aromatic rings. The van der Waals surface area contributed by atoms with Crippen LogP contribution in [0.25, 0.3) is 0 Å². The second-order valence-electron chi connectivity index (χ2n) is 5.96. The van der Waals surface area contributed by atoms with Crippen molar-refractivity contribution in [3.63, 3.8) is 0 Å². The zero-order valence-corrected chi connectivity index (χ0v) is 13.7. The lowest BCUT2D eigenvalue weighted by Gasteiger charge is -2.43. The lowest BCUT2D eigenvalue weighted by atomic mass is 9.77. The predicted molar refractivity (Wildman–Crippen MR) is 87.0 cm³/mol. The minimum atomic E-state index is -0.0326. The largest absolute Gasteiger partial charge is 0.496 e. The number of rotatable bonds is 7. The van der Waals surface area contributed by atoms with Crippen molar-refractivity contribution in [3.8, 4) is 5.75 Å². The molecule has 0 spiro atoms. The highest BCUT2D eigenvalue weighted by molar-refractivity contribution is 5.34. The van der Waals surface area contributed by atoms with Gasteiger partial charge in [0.2, 0.25) is 0 Å². The molecule has 1 aliphatic carbocycles. The van der Waals surface area contributed by atoms with Crippen LogP contribution in [0, 0.1) is 0 Å². The Morgan fingerprint density at radius 2 is 1.86 bits per heavy atom. The lowest BCUT2D eigenvalue weighted by Crippen LogP contribution is -2.54. The molecule has 2 rings (SSSR count). The van der Waals surface area contributed by atoms with Crippen molar-refractivity contribution in [2.45, 2.75) is 57.1 Å². The number of methoxy groups -OCH3 is 2. The van der Waals surface area contributed by atoms with Crippen molar-refractivity contribution in [1.82, 2.24) is 5.32 Å². The fourth-order valence-electron chi connectivity index (χ4n) is 3.63. The van der Waals surface area contributed by atoms with E-state index in [0.29, 0.717) is 6.04 Å². The third kappa shape index (κ3) is 3.78. The van der Waals surface area contributed by atoms with Gasteiger partial charge in [-0.2, -0.15) is 0 Å². The van der Waals surface area contributed by atoms with Gasteiger partial charge in [0.15, 0.2) is 0 Å². The van der Waals surface area contributed by atoms with Crippen LogP contribution in [-0.2, 0) is 11.2 Å². The maximum absolute atomic E-state index is 6.04. The molecule has 3 heteroatoms. The normalized spacial score (nSPS) is 19.2. The van der Waals surface area contributed by atoms with Crippen LogP contribution in [0.5, 0.6) is 5.75 Å². The Hall–Kier alpha value is -1.06. The summed E-state index contributed by atoms with van der Waals surface area (Å²) in [6.45, 7) is 3.13. The minimum absolute atomic E-state index is 0.0326. The molecule has 3 nitrogen and oxygen atoms in total. The monoisotopic (exact) mass is 291 g/mol. The number of likely N-dealkylation sites (N-methyl/N-ethyl adjacent to an activating group) is 1. The number of hydrogen-bond acceptors (Lipinski definition) is 3. The third-order valence-electron chi connectivity index (χ3n) is 4.81. The topological polar surface area (TPSA) is 30.5 Å². The zero-order valence-electron chi connectivity index (χ0n) is 13.7. The molecule has 1 aliphatic rings. The molecule has 1 saturated carbocycles. The molecular formula is C18H29NO2. The SMILES string of the molecule is CCNC(Cc1ccccc1OC)C1(OC)CCCCC1. The van der Waals surface area contributed by atoms with Crippen molar-refractivity contribution in [2.75, 3.05) is 20.8 Å². The first-order valence-corrected chi connectivity index (χ1v) is 8.16. The molecule has 0 heterocycles. The Morgan fingerprint density at radius 1 is 1.14 bits per heavy atom. The van der Waals surface area contributed by atoms with Crippen molar-refractivity contribution in [1.29, 1.82) is 0 Å². The summed E-state index contributed by atoms with van der Waals surface area (Å²) in [5.41, 5.74) is 1.22. The Kier molecular flexibility index (Phi) is 6.07. The van der Waals surface area contributed by atoms with Gasteiger partial charge in [0.25, 0.3) is 0 Å². The van der Waals surface area contributed by atoms with Gasteiger partial charge in [0.1, 0.15) is 5.75 Å². The summed E-state index contributed by atoms with van der Waals surface area (Å²) in [5.74, 6) is 0.975. The van der Waals surface area contributed by atoms with Crippen LogP contribution in [-0.4, -0.2) is 32.4 Å². The summed E-state index contributed by atoms with van der Waals surface area (Å²) in [4.78, 5) is 0. The van der Waals surface area contributed by atoms with Crippen LogP contribution in [0.3, 0.4) is 0 Å². The highest BCUT2D eigenvalue weighted by atomic mass is 16.5. The van der Waals surface area contributed by atoms with E-state index in [1.807, 2.05) is 19.2 Å². The Balaban J connectivity index is 2.21. The minimum Gasteiger partial charge on any atom is -0.496 e. The van der Waals surface area contributed by atoms with Crippen LogP contribution in [0.2, 0.25) is 0 Å². The third-order valence-corrected chi connectivity index (χ3v) is 4.81. The average Bonchev–Trinajstić information content (AvgIpc) is 2.55. The summed E-state index contributed by atoms with van der Waals surface area (Å²) in [6, 6.07) is 8.65. The summed E-state index contributed by atoms with van der Waals surface area (Å²) >= 11 is 0. The van der Waals surface area contributed by atoms with E-state index >= 15 is 0 Å². The van der Waals surface area contributed by atoms with Crippen molar-refractivity contribution in [2.24, 2.45) is 0 Å². The quantitative estimate of drug-likeness (QED) is 0.833. The van der Waals surface area contributed by atoms with Crippen LogP contribution in [0.15, 0.2) is 24.3 Å². The number of benzene rings is 1. The highest BCUT2D eigenvalue weighted by Gasteiger charge is 2.39. The van der Waals surface area contributed by atoms with E-state index in [-0.39, 0.29) is 5.60 Å². The molecule has 0 bridgehead atoms. The summed E-state index contributed by atoms with van der Waals surface area (Å²) in [7, 11) is 3.62. The van der Waals surface area contributed by atoms with Crippen LogP contribution < -0.4 is 10.1 Å². The van der Waals surface area contributed by atoms with Gasteiger partial charge in [-0.25, -0.2) is 0 Å². The fraction of sp³-hybridized carbons (Fsp3) is 0.667. The fourth-order valence-corrected chi connectivity index (χ4v) is 3.63.